The number of hydrogen-bond acceptors (Lipinski definition) is 4. The van der Waals surface area contributed by atoms with Crippen molar-refractivity contribution in [3.05, 3.63) is 28.2 Å². The van der Waals surface area contributed by atoms with Crippen molar-refractivity contribution in [3.63, 3.8) is 0 Å². The van der Waals surface area contributed by atoms with E-state index in [1.807, 2.05) is 23.8 Å². The maximum absolute atomic E-state index is 12.3. The largest absolute Gasteiger partial charge is 0.362 e. The van der Waals surface area contributed by atoms with Crippen LogP contribution in [0.1, 0.15) is 5.69 Å². The normalized spacial score (nSPS) is 23.7. The number of nitrogens with one attached hydrogen (secondary N) is 1. The van der Waals surface area contributed by atoms with Gasteiger partial charge in [0.1, 0.15) is 11.5 Å². The summed E-state index contributed by atoms with van der Waals surface area (Å²) in [5.74, 6) is 0.811. The molecule has 0 radical (unpaired) electrons. The summed E-state index contributed by atoms with van der Waals surface area (Å²) in [6, 6.07) is 0.221. The molecule has 5 heterocycles. The fraction of sp³-hybridized carbons (Fsp3) is 0.417. The van der Waals surface area contributed by atoms with Gasteiger partial charge in [-0.15, -0.1) is 0 Å². The summed E-state index contributed by atoms with van der Waals surface area (Å²) >= 11 is 0. The summed E-state index contributed by atoms with van der Waals surface area (Å²) in [5.41, 5.74) is 2.26. The van der Waals surface area contributed by atoms with Crippen molar-refractivity contribution in [2.24, 2.45) is 9.98 Å². The van der Waals surface area contributed by atoms with E-state index in [9.17, 15) is 4.79 Å². The van der Waals surface area contributed by atoms with Crippen LogP contribution in [0.5, 0.6) is 0 Å². The first-order chi connectivity index (χ1) is 8.74. The lowest BCUT2D eigenvalue weighted by Crippen LogP contribution is -2.40. The Balaban J connectivity index is 2.02. The number of aromatic nitrogens is 2. The van der Waals surface area contributed by atoms with Crippen LogP contribution in [-0.4, -0.2) is 33.5 Å². The van der Waals surface area contributed by atoms with E-state index in [1.54, 1.807) is 4.68 Å². The lowest BCUT2D eigenvalue weighted by Gasteiger charge is -2.15. The summed E-state index contributed by atoms with van der Waals surface area (Å²) in [5, 5.41) is 3.39. The van der Waals surface area contributed by atoms with E-state index in [0.29, 0.717) is 18.8 Å². The fourth-order valence-corrected chi connectivity index (χ4v) is 2.79. The standard InChI is InChI=1S/C12H13N5O/c1-7-10-12(18)17-6-8(5-16(7)17)14-11-9(15-10)3-2-4-13-11/h2-3,8H,4-6H2,1H3,(H,13,14). The van der Waals surface area contributed by atoms with Gasteiger partial charge in [-0.1, -0.05) is 6.08 Å². The summed E-state index contributed by atoms with van der Waals surface area (Å²) in [6.07, 6.45) is 3.89. The topological polar surface area (TPSA) is 63.7 Å². The Hall–Kier alpha value is -2.11. The SMILES string of the molecule is Cc1c2c(=O)n3n1CC(C3)NC1=NCC=CC1=N2. The maximum Gasteiger partial charge on any atom is 0.292 e. The predicted octanol–water partition coefficient (Wildman–Crippen LogP) is -0.0156. The van der Waals surface area contributed by atoms with Crippen LogP contribution in [-0.2, 0) is 13.1 Å². The molecule has 0 aliphatic carbocycles. The summed E-state index contributed by atoms with van der Waals surface area (Å²) in [6.45, 7) is 4.11. The summed E-state index contributed by atoms with van der Waals surface area (Å²) < 4.78 is 3.79. The zero-order valence-electron chi connectivity index (χ0n) is 10.1. The Morgan fingerprint density at radius 3 is 3.06 bits per heavy atom. The van der Waals surface area contributed by atoms with E-state index < -0.39 is 0 Å². The molecule has 1 unspecified atom stereocenters. The van der Waals surface area contributed by atoms with Crippen LogP contribution >= 0.6 is 0 Å². The van der Waals surface area contributed by atoms with Gasteiger partial charge in [0.15, 0.2) is 5.69 Å². The Kier molecular flexibility index (Phi) is 1.76. The lowest BCUT2D eigenvalue weighted by atomic mass is 10.2. The van der Waals surface area contributed by atoms with Gasteiger partial charge in [-0.25, -0.2) is 9.67 Å². The highest BCUT2D eigenvalue weighted by molar-refractivity contribution is 6.46. The second-order valence-corrected chi connectivity index (χ2v) is 4.83. The van der Waals surface area contributed by atoms with E-state index in [4.69, 9.17) is 0 Å². The van der Waals surface area contributed by atoms with Crippen molar-refractivity contribution >= 4 is 17.2 Å². The average Bonchev–Trinajstić information content (AvgIpc) is 2.89. The first-order valence-corrected chi connectivity index (χ1v) is 6.11. The molecule has 18 heavy (non-hydrogen) atoms. The van der Waals surface area contributed by atoms with Crippen molar-refractivity contribution < 1.29 is 0 Å². The Bertz CT molecular complexity index is 688. The minimum absolute atomic E-state index is 0.00419. The highest BCUT2D eigenvalue weighted by atomic mass is 16.1. The number of hydrogen-bond donors (Lipinski definition) is 1. The third-order valence-electron chi connectivity index (χ3n) is 3.69. The molecule has 4 bridgehead atoms. The van der Waals surface area contributed by atoms with Gasteiger partial charge >= 0.3 is 0 Å². The summed E-state index contributed by atoms with van der Waals surface area (Å²) in [4.78, 5) is 21.2. The molecule has 5 rings (SSSR count). The van der Waals surface area contributed by atoms with Crippen LogP contribution < -0.4 is 10.9 Å². The highest BCUT2D eigenvalue weighted by Crippen LogP contribution is 2.21. The molecule has 1 N–H and O–H groups in total. The minimum atomic E-state index is 0.00419. The van der Waals surface area contributed by atoms with Gasteiger partial charge in [0, 0.05) is 0 Å². The number of amidine groups is 1. The van der Waals surface area contributed by atoms with Gasteiger partial charge in [-0.2, -0.15) is 0 Å². The Morgan fingerprint density at radius 1 is 1.39 bits per heavy atom. The molecule has 4 aliphatic rings. The van der Waals surface area contributed by atoms with Crippen LogP contribution in [0.15, 0.2) is 26.9 Å². The van der Waals surface area contributed by atoms with Crippen LogP contribution in [0, 0.1) is 6.92 Å². The smallest absolute Gasteiger partial charge is 0.292 e. The number of rotatable bonds is 0. The zero-order chi connectivity index (χ0) is 12.3. The highest BCUT2D eigenvalue weighted by Gasteiger charge is 2.30. The first-order valence-electron chi connectivity index (χ1n) is 6.11. The molecule has 0 spiro atoms. The van der Waals surface area contributed by atoms with Gasteiger partial charge in [0.2, 0.25) is 0 Å². The molecule has 6 nitrogen and oxygen atoms in total. The van der Waals surface area contributed by atoms with Crippen LogP contribution in [0.25, 0.3) is 0 Å². The molecule has 0 aromatic carbocycles. The third kappa shape index (κ3) is 1.15. The Morgan fingerprint density at radius 2 is 2.22 bits per heavy atom. The number of aliphatic imine (C=N–C) groups is 2. The molecule has 0 saturated heterocycles. The predicted molar refractivity (Wildman–Crippen MR) is 68.9 cm³/mol. The quantitative estimate of drug-likeness (QED) is 0.696. The van der Waals surface area contributed by atoms with E-state index in [-0.39, 0.29) is 11.6 Å². The van der Waals surface area contributed by atoms with E-state index in [2.05, 4.69) is 15.3 Å². The van der Waals surface area contributed by atoms with Gasteiger partial charge < -0.3 is 5.32 Å². The van der Waals surface area contributed by atoms with Crippen LogP contribution in [0.4, 0.5) is 5.69 Å². The molecule has 0 amide bonds. The monoisotopic (exact) mass is 243 g/mol. The van der Waals surface area contributed by atoms with Gasteiger partial charge in [0.25, 0.3) is 5.56 Å². The molecule has 92 valence electrons. The number of dihydropyridines is 1. The minimum Gasteiger partial charge on any atom is -0.362 e. The van der Waals surface area contributed by atoms with E-state index >= 15 is 0 Å². The van der Waals surface area contributed by atoms with Crippen molar-refractivity contribution in [1.29, 1.82) is 0 Å². The second-order valence-electron chi connectivity index (χ2n) is 4.83. The zero-order valence-corrected chi connectivity index (χ0v) is 10.1. The summed E-state index contributed by atoms with van der Waals surface area (Å²) in [7, 11) is 0. The molecule has 0 fully saturated rings. The molecule has 0 saturated carbocycles. The van der Waals surface area contributed by atoms with Crippen molar-refractivity contribution in [2.75, 3.05) is 6.54 Å². The van der Waals surface area contributed by atoms with Crippen molar-refractivity contribution in [2.45, 2.75) is 26.1 Å². The van der Waals surface area contributed by atoms with Crippen LogP contribution in [0.2, 0.25) is 0 Å². The second kappa shape index (κ2) is 3.22. The first kappa shape index (κ1) is 9.87. The fourth-order valence-electron chi connectivity index (χ4n) is 2.79. The molecule has 4 aliphatic heterocycles. The number of nitrogens with zero attached hydrogens (tertiary/aromatic N) is 4. The Labute approximate surface area is 103 Å². The third-order valence-corrected chi connectivity index (χ3v) is 3.69. The molecule has 6 heteroatoms. The van der Waals surface area contributed by atoms with E-state index in [1.165, 1.54) is 0 Å². The average molecular weight is 243 g/mol. The van der Waals surface area contributed by atoms with Gasteiger partial charge in [-0.05, 0) is 13.0 Å². The lowest BCUT2D eigenvalue weighted by molar-refractivity contribution is 0.581. The molecule has 1 atom stereocenters. The molecular weight excluding hydrogens is 230 g/mol. The van der Waals surface area contributed by atoms with Gasteiger partial charge in [-0.3, -0.25) is 14.5 Å². The van der Waals surface area contributed by atoms with Crippen molar-refractivity contribution in [1.82, 2.24) is 14.7 Å². The maximum atomic E-state index is 12.3. The molecule has 1 aromatic rings. The molecular formula is C12H13N5O. The van der Waals surface area contributed by atoms with Gasteiger partial charge in [0.05, 0.1) is 31.4 Å². The molecule has 1 aromatic heterocycles. The van der Waals surface area contributed by atoms with Crippen LogP contribution in [0.3, 0.4) is 0 Å². The van der Waals surface area contributed by atoms with Crippen molar-refractivity contribution in [3.8, 4) is 0 Å². The van der Waals surface area contributed by atoms with E-state index in [0.717, 1.165) is 23.8 Å².